The molecule has 0 bridgehead atoms. The van der Waals surface area contributed by atoms with E-state index in [0.717, 1.165) is 43.9 Å². The Morgan fingerprint density at radius 1 is 1.24 bits per heavy atom. The fraction of sp³-hybridized carbons (Fsp3) is 0.318. The number of anilines is 1. The predicted molar refractivity (Wildman–Crippen MR) is 121 cm³/mol. The van der Waals surface area contributed by atoms with Gasteiger partial charge in [0.15, 0.2) is 11.5 Å². The molecule has 4 aromatic rings. The van der Waals surface area contributed by atoms with Gasteiger partial charge in [0.1, 0.15) is 5.56 Å². The molecule has 0 radical (unpaired) electrons. The van der Waals surface area contributed by atoms with Crippen molar-refractivity contribution in [2.75, 3.05) is 38.7 Å². The van der Waals surface area contributed by atoms with Gasteiger partial charge in [-0.2, -0.15) is 10.2 Å². The first-order chi connectivity index (χ1) is 16.1. The zero-order chi connectivity index (χ0) is 22.8. The lowest BCUT2D eigenvalue weighted by atomic mass is 10.2. The normalized spacial score (nSPS) is 14.5. The molecular formula is C22H24N8O3. The maximum Gasteiger partial charge on any atom is 0.261 e. The van der Waals surface area contributed by atoms with Crippen molar-refractivity contribution in [3.63, 3.8) is 0 Å². The number of morpholine rings is 1. The van der Waals surface area contributed by atoms with Crippen LogP contribution in [0.2, 0.25) is 0 Å². The molecule has 1 saturated heterocycles. The Labute approximate surface area is 189 Å². The fourth-order valence-electron chi connectivity index (χ4n) is 3.83. The van der Waals surface area contributed by atoms with Gasteiger partial charge in [0.2, 0.25) is 5.88 Å². The van der Waals surface area contributed by atoms with Gasteiger partial charge in [0, 0.05) is 25.8 Å². The number of ether oxygens (including phenoxy) is 2. The molecule has 170 valence electrons. The van der Waals surface area contributed by atoms with Gasteiger partial charge in [-0.3, -0.25) is 14.8 Å². The number of aromatic amines is 2. The monoisotopic (exact) mass is 448 g/mol. The Morgan fingerprint density at radius 3 is 2.91 bits per heavy atom. The summed E-state index contributed by atoms with van der Waals surface area (Å²) in [6.45, 7) is 6.00. The molecule has 0 unspecified atom stereocenters. The summed E-state index contributed by atoms with van der Waals surface area (Å²) in [7, 11) is 1.45. The van der Waals surface area contributed by atoms with Gasteiger partial charge >= 0.3 is 0 Å². The average molecular weight is 448 g/mol. The average Bonchev–Trinajstić information content (AvgIpc) is 3.46. The highest BCUT2D eigenvalue weighted by atomic mass is 16.5. The van der Waals surface area contributed by atoms with Gasteiger partial charge < -0.3 is 19.8 Å². The van der Waals surface area contributed by atoms with Gasteiger partial charge in [-0.05, 0) is 30.7 Å². The zero-order valence-electron chi connectivity index (χ0n) is 18.4. The summed E-state index contributed by atoms with van der Waals surface area (Å²) in [5, 5.41) is 17.8. The van der Waals surface area contributed by atoms with Crippen molar-refractivity contribution in [2.45, 2.75) is 13.5 Å². The Balaban J connectivity index is 1.38. The molecule has 0 spiro atoms. The third-order valence-electron chi connectivity index (χ3n) is 5.49. The van der Waals surface area contributed by atoms with E-state index in [1.165, 1.54) is 12.7 Å². The number of nitrogens with one attached hydrogen (secondary N) is 3. The minimum absolute atomic E-state index is 0.152. The van der Waals surface area contributed by atoms with Crippen molar-refractivity contribution in [3.8, 4) is 17.4 Å². The molecule has 5 rings (SSSR count). The third-order valence-corrected chi connectivity index (χ3v) is 5.49. The summed E-state index contributed by atoms with van der Waals surface area (Å²) in [5.74, 6) is 0.331. The first-order valence-electron chi connectivity index (χ1n) is 10.6. The maximum absolute atomic E-state index is 12.9. The lowest BCUT2D eigenvalue weighted by molar-refractivity contribution is 0.0342. The number of carbonyl (C=O) groups excluding carboxylic acids is 1. The number of imidazole rings is 1. The molecule has 3 N–H and O–H groups in total. The third kappa shape index (κ3) is 4.41. The molecule has 1 aliphatic heterocycles. The van der Waals surface area contributed by atoms with Gasteiger partial charge in [-0.1, -0.05) is 6.07 Å². The van der Waals surface area contributed by atoms with Crippen molar-refractivity contribution in [1.82, 2.24) is 35.3 Å². The SMILES string of the molecule is COc1nnc(C)cc1C(=O)Nc1c[nH]nc1-c1nc2cc(CN3CCOCC3)ccc2[nH]1. The second-order valence-corrected chi connectivity index (χ2v) is 7.84. The number of fused-ring (bicyclic) bond motifs is 1. The molecule has 1 aliphatic rings. The number of hydrogen-bond acceptors (Lipinski definition) is 8. The summed E-state index contributed by atoms with van der Waals surface area (Å²) >= 11 is 0. The highest BCUT2D eigenvalue weighted by Crippen LogP contribution is 2.27. The number of benzene rings is 1. The first kappa shape index (κ1) is 21.0. The molecule has 11 heteroatoms. The number of rotatable bonds is 6. The number of hydrogen-bond donors (Lipinski definition) is 3. The summed E-state index contributed by atoms with van der Waals surface area (Å²) < 4.78 is 10.6. The fourth-order valence-corrected chi connectivity index (χ4v) is 3.83. The van der Waals surface area contributed by atoms with Crippen LogP contribution in [-0.2, 0) is 11.3 Å². The van der Waals surface area contributed by atoms with Crippen LogP contribution in [0.5, 0.6) is 5.88 Å². The minimum atomic E-state index is -0.378. The lowest BCUT2D eigenvalue weighted by Gasteiger charge is -2.26. The molecule has 0 aliphatic carbocycles. The molecule has 4 heterocycles. The van der Waals surface area contributed by atoms with Crippen LogP contribution < -0.4 is 10.1 Å². The topological polar surface area (TPSA) is 134 Å². The largest absolute Gasteiger partial charge is 0.479 e. The standard InChI is InChI=1S/C22H24N8O3/c1-13-9-15(22(32-2)29-27-13)21(31)26-18-11-23-28-19(18)20-24-16-4-3-14(10-17(16)25-20)12-30-5-7-33-8-6-30/h3-4,9-11H,5-8,12H2,1-2H3,(H,23,28)(H,24,25)(H,26,31). The van der Waals surface area contributed by atoms with Crippen LogP contribution in [-0.4, -0.2) is 74.6 Å². The molecule has 33 heavy (non-hydrogen) atoms. The van der Waals surface area contributed by atoms with E-state index in [9.17, 15) is 4.79 Å². The van der Waals surface area contributed by atoms with Crippen molar-refractivity contribution in [2.24, 2.45) is 0 Å². The van der Waals surface area contributed by atoms with Crippen LogP contribution in [0.3, 0.4) is 0 Å². The molecule has 1 fully saturated rings. The van der Waals surface area contributed by atoms with Crippen molar-refractivity contribution in [3.05, 3.63) is 47.3 Å². The van der Waals surface area contributed by atoms with Crippen LogP contribution >= 0.6 is 0 Å². The number of amides is 1. The van der Waals surface area contributed by atoms with E-state index in [4.69, 9.17) is 14.5 Å². The summed E-state index contributed by atoms with van der Waals surface area (Å²) in [4.78, 5) is 23.3. The second-order valence-electron chi connectivity index (χ2n) is 7.84. The molecule has 1 aromatic carbocycles. The first-order valence-corrected chi connectivity index (χ1v) is 10.6. The van der Waals surface area contributed by atoms with E-state index in [0.29, 0.717) is 22.9 Å². The Morgan fingerprint density at radius 2 is 2.09 bits per heavy atom. The van der Waals surface area contributed by atoms with E-state index in [2.05, 4.69) is 47.7 Å². The Bertz CT molecular complexity index is 1290. The second kappa shape index (κ2) is 8.96. The van der Waals surface area contributed by atoms with Crippen LogP contribution in [0.25, 0.3) is 22.6 Å². The number of aromatic nitrogens is 6. The predicted octanol–water partition coefficient (Wildman–Crippen LogP) is 2.14. The maximum atomic E-state index is 12.9. The number of nitrogens with zero attached hydrogens (tertiary/aromatic N) is 5. The highest BCUT2D eigenvalue weighted by Gasteiger charge is 2.20. The molecule has 0 saturated carbocycles. The van der Waals surface area contributed by atoms with Gasteiger partial charge in [-0.25, -0.2) is 4.98 Å². The highest BCUT2D eigenvalue weighted by molar-refractivity contribution is 6.07. The summed E-state index contributed by atoms with van der Waals surface area (Å²) in [6.07, 6.45) is 1.61. The quantitative estimate of drug-likeness (QED) is 0.408. The van der Waals surface area contributed by atoms with E-state index in [1.54, 1.807) is 19.2 Å². The van der Waals surface area contributed by atoms with Crippen molar-refractivity contribution >= 4 is 22.6 Å². The van der Waals surface area contributed by atoms with Gasteiger partial charge in [0.25, 0.3) is 5.91 Å². The number of aryl methyl sites for hydroxylation is 1. The smallest absolute Gasteiger partial charge is 0.261 e. The number of carbonyl (C=O) groups is 1. The number of H-pyrrole nitrogens is 2. The van der Waals surface area contributed by atoms with E-state index < -0.39 is 0 Å². The minimum Gasteiger partial charge on any atom is -0.479 e. The van der Waals surface area contributed by atoms with Gasteiger partial charge in [0.05, 0.1) is 42.7 Å². The van der Waals surface area contributed by atoms with Crippen LogP contribution in [0.1, 0.15) is 21.6 Å². The lowest BCUT2D eigenvalue weighted by Crippen LogP contribution is -2.35. The van der Waals surface area contributed by atoms with E-state index in [1.807, 2.05) is 6.07 Å². The molecule has 0 atom stereocenters. The molecular weight excluding hydrogens is 424 g/mol. The summed E-state index contributed by atoms with van der Waals surface area (Å²) in [6, 6.07) is 7.81. The van der Waals surface area contributed by atoms with Gasteiger partial charge in [-0.15, -0.1) is 5.10 Å². The summed E-state index contributed by atoms with van der Waals surface area (Å²) in [5.41, 5.74) is 4.81. The van der Waals surface area contributed by atoms with Crippen molar-refractivity contribution in [1.29, 1.82) is 0 Å². The van der Waals surface area contributed by atoms with E-state index >= 15 is 0 Å². The van der Waals surface area contributed by atoms with Crippen LogP contribution in [0.4, 0.5) is 5.69 Å². The Kier molecular flexibility index (Phi) is 5.71. The van der Waals surface area contributed by atoms with Crippen LogP contribution in [0.15, 0.2) is 30.5 Å². The van der Waals surface area contributed by atoms with Crippen LogP contribution in [0, 0.1) is 6.92 Å². The molecule has 1 amide bonds. The van der Waals surface area contributed by atoms with Crippen molar-refractivity contribution < 1.29 is 14.3 Å². The van der Waals surface area contributed by atoms with E-state index in [-0.39, 0.29) is 17.4 Å². The Hall–Kier alpha value is -3.83. The number of methoxy groups -OCH3 is 1. The zero-order valence-corrected chi connectivity index (χ0v) is 18.4. The molecule has 11 nitrogen and oxygen atoms in total. The molecule has 3 aromatic heterocycles.